The van der Waals surface area contributed by atoms with Gasteiger partial charge in [-0.3, -0.25) is 28.1 Å². The lowest BCUT2D eigenvalue weighted by Crippen LogP contribution is -2.36. The smallest absolute Gasteiger partial charge is 0.422 e. The van der Waals surface area contributed by atoms with Crippen molar-refractivity contribution in [3.8, 4) is 11.3 Å². The van der Waals surface area contributed by atoms with Gasteiger partial charge in [-0.25, -0.2) is 13.6 Å². The van der Waals surface area contributed by atoms with Gasteiger partial charge in [0, 0.05) is 25.0 Å². The van der Waals surface area contributed by atoms with E-state index in [-0.39, 0.29) is 34.7 Å². The molecule has 0 spiro atoms. The molecule has 242 valence electrons. The van der Waals surface area contributed by atoms with E-state index >= 15 is 4.39 Å². The second-order valence-corrected chi connectivity index (χ2v) is 11.8. The van der Waals surface area contributed by atoms with Crippen LogP contribution in [0.2, 0.25) is 0 Å². The van der Waals surface area contributed by atoms with Gasteiger partial charge in [0.1, 0.15) is 22.0 Å². The number of carbonyl (C=O) groups is 2. The van der Waals surface area contributed by atoms with Crippen molar-refractivity contribution in [2.45, 2.75) is 32.2 Å². The van der Waals surface area contributed by atoms with Crippen molar-refractivity contribution in [2.24, 2.45) is 25.0 Å². The first kappa shape index (κ1) is 34.2. The van der Waals surface area contributed by atoms with Crippen LogP contribution in [-0.2, 0) is 47.7 Å². The molecule has 0 saturated carbocycles. The van der Waals surface area contributed by atoms with Gasteiger partial charge >= 0.3 is 17.8 Å². The van der Waals surface area contributed by atoms with Crippen molar-refractivity contribution in [2.75, 3.05) is 13.1 Å². The highest BCUT2D eigenvalue weighted by Gasteiger charge is 2.39. The molecular formula is C27H25ClF5N5O5S2. The summed E-state index contributed by atoms with van der Waals surface area (Å²) < 4.78 is 78.3. The van der Waals surface area contributed by atoms with Crippen molar-refractivity contribution >= 4 is 57.2 Å². The van der Waals surface area contributed by atoms with Gasteiger partial charge in [-0.15, -0.1) is 35.1 Å². The van der Waals surface area contributed by atoms with E-state index in [4.69, 9.17) is 4.74 Å². The van der Waals surface area contributed by atoms with Crippen LogP contribution in [0, 0.1) is 17.6 Å². The molecule has 1 saturated heterocycles. The highest BCUT2D eigenvalue weighted by molar-refractivity contribution is 7.17. The third kappa shape index (κ3) is 6.66. The van der Waals surface area contributed by atoms with Crippen LogP contribution in [-0.4, -0.2) is 38.7 Å². The number of alkyl halides is 3. The second-order valence-electron chi connectivity index (χ2n) is 10.1. The van der Waals surface area contributed by atoms with E-state index in [1.54, 1.807) is 5.38 Å². The average molecular weight is 694 g/mol. The van der Waals surface area contributed by atoms with E-state index < -0.39 is 64.7 Å². The van der Waals surface area contributed by atoms with Gasteiger partial charge in [0.05, 0.1) is 23.4 Å². The van der Waals surface area contributed by atoms with Crippen LogP contribution in [0.5, 0.6) is 0 Å². The molecule has 1 aliphatic rings. The Balaban J connectivity index is 0.00000461. The Morgan fingerprint density at radius 2 is 1.76 bits per heavy atom. The zero-order valence-electron chi connectivity index (χ0n) is 23.6. The molecule has 0 unspecified atom stereocenters. The number of amides is 1. The van der Waals surface area contributed by atoms with Crippen LogP contribution in [0.4, 0.5) is 22.0 Å². The number of fused-ring (bicyclic) bond motifs is 1. The van der Waals surface area contributed by atoms with Gasteiger partial charge in [0.2, 0.25) is 0 Å². The third-order valence-electron chi connectivity index (χ3n) is 7.26. The number of rotatable bonds is 6. The van der Waals surface area contributed by atoms with Crippen molar-refractivity contribution in [1.29, 1.82) is 0 Å². The molecule has 5 rings (SSSR count). The molecule has 1 fully saturated rings. The molecule has 0 aliphatic carbocycles. The number of aryl methyl sites for hydroxylation is 1. The Morgan fingerprint density at radius 3 is 2.42 bits per heavy atom. The maximum Gasteiger partial charge on any atom is 0.422 e. The molecular weight excluding hydrogens is 669 g/mol. The maximum atomic E-state index is 15.2. The Hall–Kier alpha value is -3.67. The number of carbonyl (C=O) groups excluding carboxylic acids is 2. The van der Waals surface area contributed by atoms with Gasteiger partial charge in [0.25, 0.3) is 11.5 Å². The third-order valence-corrected chi connectivity index (χ3v) is 9.23. The summed E-state index contributed by atoms with van der Waals surface area (Å²) in [6, 6.07) is 1.29. The molecule has 1 aliphatic heterocycles. The minimum absolute atomic E-state index is 0. The summed E-state index contributed by atoms with van der Waals surface area (Å²) in [6.45, 7) is 0.554. The molecule has 0 bridgehead atoms. The van der Waals surface area contributed by atoms with E-state index in [0.29, 0.717) is 42.4 Å². The standard InChI is InChI=1S/C27H24F5N5O5S2.ClH/c1-35-22(39)19-14(10-43-23(19)36(2)26(35)41)9-18(38)34-25-37(12-42-24(40)13-5-7-33-8-6-13)17(11-44-25)15-3-4-16(28)20(21(15)29)27(30,31)32;/h3-4,10-11,13,33H,5-9,12H2,1-2H3;1H/b34-25-;. The first-order valence-corrected chi connectivity index (χ1v) is 14.9. The molecule has 1 amide bonds. The molecule has 3 aromatic heterocycles. The Morgan fingerprint density at radius 1 is 1.07 bits per heavy atom. The van der Waals surface area contributed by atoms with Crippen LogP contribution in [0.15, 0.2) is 37.5 Å². The summed E-state index contributed by atoms with van der Waals surface area (Å²) in [6.07, 6.45) is -4.72. The SMILES string of the molecule is Cl.Cn1c(=O)c2c(CC(=O)/N=c3\scc(-c4ccc(F)c(C(F)(F)F)c4F)n3COC(=O)C3CCNCC3)csc2n(C)c1=O. The topological polar surface area (TPSA) is 117 Å². The first-order chi connectivity index (χ1) is 20.8. The van der Waals surface area contributed by atoms with Gasteiger partial charge in [-0.2, -0.15) is 18.2 Å². The summed E-state index contributed by atoms with van der Waals surface area (Å²) in [4.78, 5) is 55.2. The fraction of sp³-hybridized carbons (Fsp3) is 0.370. The summed E-state index contributed by atoms with van der Waals surface area (Å²) in [7, 11) is 2.79. The lowest BCUT2D eigenvalue weighted by molar-refractivity contribution is -0.153. The predicted molar refractivity (Wildman–Crippen MR) is 158 cm³/mol. The van der Waals surface area contributed by atoms with E-state index in [1.807, 2.05) is 0 Å². The van der Waals surface area contributed by atoms with Crippen LogP contribution >= 0.6 is 35.1 Å². The molecule has 0 atom stereocenters. The van der Waals surface area contributed by atoms with Gasteiger partial charge in [0.15, 0.2) is 11.5 Å². The zero-order valence-corrected chi connectivity index (χ0v) is 26.0. The monoisotopic (exact) mass is 693 g/mol. The normalized spacial score (nSPS) is 14.5. The molecule has 45 heavy (non-hydrogen) atoms. The number of esters is 1. The van der Waals surface area contributed by atoms with Crippen molar-refractivity contribution < 1.29 is 36.3 Å². The maximum absolute atomic E-state index is 15.2. The number of hydrogen-bond acceptors (Lipinski definition) is 8. The summed E-state index contributed by atoms with van der Waals surface area (Å²) in [5.41, 5.74) is -3.80. The van der Waals surface area contributed by atoms with Gasteiger partial charge < -0.3 is 10.1 Å². The lowest BCUT2D eigenvalue weighted by atomic mass is 9.99. The van der Waals surface area contributed by atoms with E-state index in [1.165, 1.54) is 24.0 Å². The number of halogens is 6. The Labute approximate surface area is 264 Å². The van der Waals surface area contributed by atoms with Crippen molar-refractivity contribution in [3.63, 3.8) is 0 Å². The Bertz CT molecular complexity index is 1970. The number of ether oxygens (including phenoxy) is 1. The number of aromatic nitrogens is 3. The quantitative estimate of drug-likeness (QED) is 0.243. The molecule has 1 aromatic carbocycles. The number of piperidine rings is 1. The zero-order chi connectivity index (χ0) is 31.9. The van der Waals surface area contributed by atoms with E-state index in [9.17, 15) is 36.7 Å². The number of benzene rings is 1. The molecule has 1 N–H and O–H groups in total. The van der Waals surface area contributed by atoms with Crippen LogP contribution < -0.4 is 21.4 Å². The first-order valence-electron chi connectivity index (χ1n) is 13.1. The number of hydrogen-bond donors (Lipinski definition) is 1. The number of thiophene rings is 1. The van der Waals surface area contributed by atoms with Crippen LogP contribution in [0.25, 0.3) is 21.5 Å². The second kappa shape index (κ2) is 13.4. The van der Waals surface area contributed by atoms with Crippen LogP contribution in [0.3, 0.4) is 0 Å². The van der Waals surface area contributed by atoms with Crippen molar-refractivity contribution in [1.82, 2.24) is 19.0 Å². The molecule has 10 nitrogen and oxygen atoms in total. The summed E-state index contributed by atoms with van der Waals surface area (Å²) in [5, 5.41) is 6.02. The molecule has 4 heterocycles. The number of nitrogens with one attached hydrogen (secondary N) is 1. The van der Waals surface area contributed by atoms with Gasteiger partial charge in [-0.1, -0.05) is 0 Å². The summed E-state index contributed by atoms with van der Waals surface area (Å²) >= 11 is 1.85. The molecule has 4 aromatic rings. The fourth-order valence-corrected chi connectivity index (χ4v) is 6.87. The predicted octanol–water partition coefficient (Wildman–Crippen LogP) is 3.72. The minimum Gasteiger partial charge on any atom is -0.444 e. The molecule has 0 radical (unpaired) electrons. The highest BCUT2D eigenvalue weighted by Crippen LogP contribution is 2.37. The van der Waals surface area contributed by atoms with E-state index in [0.717, 1.165) is 37.9 Å². The van der Waals surface area contributed by atoms with Crippen LogP contribution in [0.1, 0.15) is 24.0 Å². The van der Waals surface area contributed by atoms with Gasteiger partial charge in [-0.05, 0) is 49.0 Å². The highest BCUT2D eigenvalue weighted by atomic mass is 35.5. The van der Waals surface area contributed by atoms with E-state index in [2.05, 4.69) is 10.3 Å². The lowest BCUT2D eigenvalue weighted by Gasteiger charge is -2.21. The Kier molecular flexibility index (Phi) is 10.2. The molecule has 18 heteroatoms. The number of thiazole rings is 1. The average Bonchev–Trinajstić information content (AvgIpc) is 3.57. The minimum atomic E-state index is -5.33. The van der Waals surface area contributed by atoms with Crippen molar-refractivity contribution in [3.05, 3.63) is 71.3 Å². The summed E-state index contributed by atoms with van der Waals surface area (Å²) in [5.74, 6) is -5.48. The number of nitrogens with zero attached hydrogens (tertiary/aromatic N) is 4. The fourth-order valence-electron chi connectivity index (χ4n) is 4.94. The largest absolute Gasteiger partial charge is 0.444 e.